The highest BCUT2D eigenvalue weighted by Crippen LogP contribution is 2.29. The third-order valence-corrected chi connectivity index (χ3v) is 3.45. The number of nitrogen functional groups attached to an aromatic ring is 1. The van der Waals surface area contributed by atoms with E-state index in [0.717, 1.165) is 25.7 Å². The molecule has 1 aliphatic rings. The van der Waals surface area contributed by atoms with Gasteiger partial charge in [0.25, 0.3) is 0 Å². The molecule has 0 amide bonds. The molecule has 1 aromatic carbocycles. The van der Waals surface area contributed by atoms with Crippen molar-refractivity contribution in [2.75, 3.05) is 17.6 Å². The molecule has 3 nitrogen and oxygen atoms in total. The summed E-state index contributed by atoms with van der Waals surface area (Å²) in [6.07, 6.45) is 4.89. The molecule has 0 bridgehead atoms. The Morgan fingerprint density at radius 3 is 2.71 bits per heavy atom. The molecule has 0 aromatic heterocycles. The SMILES string of the molecule is Nc1c(F)cccc1NCC1(O)CCCCC1. The highest BCUT2D eigenvalue weighted by molar-refractivity contribution is 5.66. The third-order valence-electron chi connectivity index (χ3n) is 3.45. The van der Waals surface area contributed by atoms with Crippen LogP contribution < -0.4 is 11.1 Å². The largest absolute Gasteiger partial charge is 0.395 e. The lowest BCUT2D eigenvalue weighted by Gasteiger charge is -2.32. The van der Waals surface area contributed by atoms with Crippen molar-refractivity contribution >= 4 is 11.4 Å². The maximum absolute atomic E-state index is 13.2. The van der Waals surface area contributed by atoms with Crippen LogP contribution in [0.4, 0.5) is 15.8 Å². The fraction of sp³-hybridized carbons (Fsp3) is 0.538. The van der Waals surface area contributed by atoms with Crippen molar-refractivity contribution in [1.29, 1.82) is 0 Å². The van der Waals surface area contributed by atoms with E-state index in [2.05, 4.69) is 5.32 Å². The highest BCUT2D eigenvalue weighted by Gasteiger charge is 2.28. The Balaban J connectivity index is 1.99. The number of aliphatic hydroxyl groups is 1. The van der Waals surface area contributed by atoms with Crippen molar-refractivity contribution in [2.24, 2.45) is 0 Å². The van der Waals surface area contributed by atoms with Gasteiger partial charge in [-0.2, -0.15) is 0 Å². The summed E-state index contributed by atoms with van der Waals surface area (Å²) in [7, 11) is 0. The quantitative estimate of drug-likeness (QED) is 0.709. The van der Waals surface area contributed by atoms with E-state index in [4.69, 9.17) is 5.73 Å². The Kier molecular flexibility index (Phi) is 3.52. The van der Waals surface area contributed by atoms with Gasteiger partial charge in [0.05, 0.1) is 17.0 Å². The van der Waals surface area contributed by atoms with Crippen LogP contribution in [0.2, 0.25) is 0 Å². The molecule has 0 atom stereocenters. The van der Waals surface area contributed by atoms with Crippen LogP contribution in [0.1, 0.15) is 32.1 Å². The summed E-state index contributed by atoms with van der Waals surface area (Å²) in [5, 5.41) is 13.3. The van der Waals surface area contributed by atoms with E-state index >= 15 is 0 Å². The second kappa shape index (κ2) is 4.92. The summed E-state index contributed by atoms with van der Waals surface area (Å²) in [5.41, 5.74) is 5.63. The van der Waals surface area contributed by atoms with Crippen LogP contribution in [0.25, 0.3) is 0 Å². The van der Waals surface area contributed by atoms with Gasteiger partial charge in [-0.25, -0.2) is 4.39 Å². The van der Waals surface area contributed by atoms with Crippen molar-refractivity contribution < 1.29 is 9.50 Å². The topological polar surface area (TPSA) is 58.3 Å². The summed E-state index contributed by atoms with van der Waals surface area (Å²) in [5.74, 6) is -0.425. The van der Waals surface area contributed by atoms with E-state index in [-0.39, 0.29) is 5.69 Å². The molecule has 1 saturated carbocycles. The summed E-state index contributed by atoms with van der Waals surface area (Å²) in [4.78, 5) is 0. The molecular weight excluding hydrogens is 219 g/mol. The van der Waals surface area contributed by atoms with E-state index in [1.54, 1.807) is 12.1 Å². The molecule has 4 N–H and O–H groups in total. The van der Waals surface area contributed by atoms with Gasteiger partial charge in [-0.05, 0) is 25.0 Å². The van der Waals surface area contributed by atoms with Crippen molar-refractivity contribution in [2.45, 2.75) is 37.7 Å². The average Bonchev–Trinajstić information content (AvgIpc) is 2.32. The van der Waals surface area contributed by atoms with Crippen LogP contribution in [-0.4, -0.2) is 17.3 Å². The minimum absolute atomic E-state index is 0.118. The first-order chi connectivity index (χ1) is 8.11. The Morgan fingerprint density at radius 1 is 1.29 bits per heavy atom. The predicted molar refractivity (Wildman–Crippen MR) is 67.3 cm³/mol. The van der Waals surface area contributed by atoms with Crippen LogP contribution in [0.15, 0.2) is 18.2 Å². The number of anilines is 2. The molecule has 0 aliphatic heterocycles. The molecule has 1 fully saturated rings. The monoisotopic (exact) mass is 238 g/mol. The van der Waals surface area contributed by atoms with Gasteiger partial charge in [-0.3, -0.25) is 0 Å². The summed E-state index contributed by atoms with van der Waals surface area (Å²) in [6.45, 7) is 0.431. The number of hydrogen-bond donors (Lipinski definition) is 3. The average molecular weight is 238 g/mol. The normalized spacial score (nSPS) is 18.9. The maximum Gasteiger partial charge on any atom is 0.148 e. The summed E-state index contributed by atoms with van der Waals surface area (Å²) >= 11 is 0. The van der Waals surface area contributed by atoms with Crippen LogP contribution in [0.3, 0.4) is 0 Å². The second-order valence-corrected chi connectivity index (χ2v) is 4.84. The molecule has 94 valence electrons. The van der Waals surface area contributed by atoms with Crippen LogP contribution in [0, 0.1) is 5.82 Å². The minimum atomic E-state index is -0.670. The van der Waals surface area contributed by atoms with Gasteiger partial charge in [0.2, 0.25) is 0 Å². The zero-order chi connectivity index (χ0) is 12.3. The Hall–Kier alpha value is -1.29. The van der Waals surface area contributed by atoms with Crippen molar-refractivity contribution in [3.8, 4) is 0 Å². The molecular formula is C13H19FN2O. The smallest absolute Gasteiger partial charge is 0.148 e. The number of nitrogens with two attached hydrogens (primary N) is 1. The third kappa shape index (κ3) is 2.88. The van der Waals surface area contributed by atoms with Crippen LogP contribution >= 0.6 is 0 Å². The Morgan fingerprint density at radius 2 is 2.00 bits per heavy atom. The van der Waals surface area contributed by atoms with Gasteiger partial charge in [0.15, 0.2) is 0 Å². The zero-order valence-corrected chi connectivity index (χ0v) is 9.88. The maximum atomic E-state index is 13.2. The number of rotatable bonds is 3. The van der Waals surface area contributed by atoms with Crippen LogP contribution in [0.5, 0.6) is 0 Å². The first-order valence-electron chi connectivity index (χ1n) is 6.11. The van der Waals surface area contributed by atoms with E-state index in [9.17, 15) is 9.50 Å². The second-order valence-electron chi connectivity index (χ2n) is 4.84. The number of benzene rings is 1. The van der Waals surface area contributed by atoms with Gasteiger partial charge >= 0.3 is 0 Å². The predicted octanol–water partition coefficient (Wildman–Crippen LogP) is 2.52. The molecule has 0 heterocycles. The van der Waals surface area contributed by atoms with Crippen molar-refractivity contribution in [1.82, 2.24) is 0 Å². The number of nitrogens with one attached hydrogen (secondary N) is 1. The standard InChI is InChI=1S/C13H19FN2O/c14-10-5-4-6-11(12(10)15)16-9-13(17)7-2-1-3-8-13/h4-6,16-17H,1-3,7-9,15H2. The first kappa shape index (κ1) is 12.2. The van der Waals surface area contributed by atoms with Gasteiger partial charge in [-0.15, -0.1) is 0 Å². The van der Waals surface area contributed by atoms with Crippen LogP contribution in [-0.2, 0) is 0 Å². The number of hydrogen-bond acceptors (Lipinski definition) is 3. The van der Waals surface area contributed by atoms with E-state index in [0.29, 0.717) is 12.2 Å². The molecule has 4 heteroatoms. The number of halogens is 1. The fourth-order valence-electron chi connectivity index (χ4n) is 2.34. The summed E-state index contributed by atoms with van der Waals surface area (Å²) < 4.78 is 13.2. The van der Waals surface area contributed by atoms with Gasteiger partial charge < -0.3 is 16.2 Å². The molecule has 1 aromatic rings. The lowest BCUT2D eigenvalue weighted by Crippen LogP contribution is -2.38. The molecule has 0 spiro atoms. The Bertz CT molecular complexity index is 389. The minimum Gasteiger partial charge on any atom is -0.395 e. The highest BCUT2D eigenvalue weighted by atomic mass is 19.1. The lowest BCUT2D eigenvalue weighted by molar-refractivity contribution is 0.0167. The van der Waals surface area contributed by atoms with Gasteiger partial charge in [-0.1, -0.05) is 25.3 Å². The summed E-state index contributed by atoms with van der Waals surface area (Å²) in [6, 6.07) is 4.67. The van der Waals surface area contributed by atoms with Crippen molar-refractivity contribution in [3.05, 3.63) is 24.0 Å². The molecule has 0 saturated heterocycles. The Labute approximate surface area is 101 Å². The molecule has 0 unspecified atom stereocenters. The van der Waals surface area contributed by atoms with E-state index < -0.39 is 11.4 Å². The van der Waals surface area contributed by atoms with E-state index in [1.807, 2.05) is 0 Å². The number of para-hydroxylation sites is 1. The lowest BCUT2D eigenvalue weighted by atomic mass is 9.85. The van der Waals surface area contributed by atoms with Gasteiger partial charge in [0.1, 0.15) is 5.82 Å². The van der Waals surface area contributed by atoms with E-state index in [1.165, 1.54) is 12.5 Å². The molecule has 2 rings (SSSR count). The fourth-order valence-corrected chi connectivity index (χ4v) is 2.34. The van der Waals surface area contributed by atoms with Crippen molar-refractivity contribution in [3.63, 3.8) is 0 Å². The zero-order valence-electron chi connectivity index (χ0n) is 9.88. The molecule has 0 radical (unpaired) electrons. The van der Waals surface area contributed by atoms with Gasteiger partial charge in [0, 0.05) is 6.54 Å². The first-order valence-corrected chi connectivity index (χ1v) is 6.11. The molecule has 1 aliphatic carbocycles. The molecule has 17 heavy (non-hydrogen) atoms.